The van der Waals surface area contributed by atoms with Gasteiger partial charge < -0.3 is 15.1 Å². The molecule has 1 aromatic rings. The molecule has 1 aromatic heterocycles. The van der Waals surface area contributed by atoms with Crippen molar-refractivity contribution in [3.8, 4) is 0 Å². The number of hydrogen-bond acceptors (Lipinski definition) is 3. The van der Waals surface area contributed by atoms with E-state index in [0.717, 1.165) is 19.5 Å². The van der Waals surface area contributed by atoms with Crippen molar-refractivity contribution in [1.82, 2.24) is 10.6 Å². The Kier molecular flexibility index (Phi) is 3.62. The quantitative estimate of drug-likeness (QED) is 0.811. The molecular weight excluding hydrogens is 204 g/mol. The van der Waals surface area contributed by atoms with Crippen molar-refractivity contribution in [2.45, 2.75) is 32.2 Å². The van der Waals surface area contributed by atoms with Gasteiger partial charge >= 0.3 is 0 Å². The zero-order valence-corrected chi connectivity index (χ0v) is 9.58. The summed E-state index contributed by atoms with van der Waals surface area (Å²) in [4.78, 5) is 11.7. The lowest BCUT2D eigenvalue weighted by Gasteiger charge is -2.10. The van der Waals surface area contributed by atoms with E-state index in [0.29, 0.717) is 17.4 Å². The minimum Gasteiger partial charge on any atom is -0.469 e. The summed E-state index contributed by atoms with van der Waals surface area (Å²) < 4.78 is 5.09. The van der Waals surface area contributed by atoms with Gasteiger partial charge in [0.15, 0.2) is 0 Å². The minimum absolute atomic E-state index is 0.0377. The Morgan fingerprint density at radius 3 is 3.19 bits per heavy atom. The van der Waals surface area contributed by atoms with Crippen LogP contribution in [0.2, 0.25) is 0 Å². The van der Waals surface area contributed by atoms with Crippen LogP contribution in [-0.4, -0.2) is 25.0 Å². The van der Waals surface area contributed by atoms with Gasteiger partial charge in [0.2, 0.25) is 0 Å². The maximum Gasteiger partial charge on any atom is 0.254 e. The summed E-state index contributed by atoms with van der Waals surface area (Å²) in [5.74, 6) is 0.640. The summed E-state index contributed by atoms with van der Waals surface area (Å²) in [7, 11) is 0. The standard InChI is InChI=1S/C12H18N2O2/c1-9-11(5-8-16-9)12(15)14-7-4-10-3-2-6-13-10/h5,8,10,13H,2-4,6-7H2,1H3,(H,14,15)/t10-/m0/s1. The largest absolute Gasteiger partial charge is 0.469 e. The van der Waals surface area contributed by atoms with E-state index >= 15 is 0 Å². The van der Waals surface area contributed by atoms with Crippen molar-refractivity contribution >= 4 is 5.91 Å². The summed E-state index contributed by atoms with van der Waals surface area (Å²) in [6.45, 7) is 3.63. The molecule has 4 nitrogen and oxygen atoms in total. The number of rotatable bonds is 4. The van der Waals surface area contributed by atoms with Crippen LogP contribution in [-0.2, 0) is 0 Å². The second-order valence-corrected chi connectivity index (χ2v) is 4.23. The van der Waals surface area contributed by atoms with Gasteiger partial charge in [0, 0.05) is 12.6 Å². The maximum absolute atomic E-state index is 11.7. The monoisotopic (exact) mass is 222 g/mol. The van der Waals surface area contributed by atoms with Gasteiger partial charge in [-0.05, 0) is 38.8 Å². The van der Waals surface area contributed by atoms with Gasteiger partial charge in [0.25, 0.3) is 5.91 Å². The van der Waals surface area contributed by atoms with Crippen LogP contribution >= 0.6 is 0 Å². The molecule has 88 valence electrons. The topological polar surface area (TPSA) is 54.3 Å². The molecule has 0 aromatic carbocycles. The summed E-state index contributed by atoms with van der Waals surface area (Å²) in [6, 6.07) is 2.28. The molecule has 0 radical (unpaired) electrons. The fraction of sp³-hybridized carbons (Fsp3) is 0.583. The maximum atomic E-state index is 11.7. The van der Waals surface area contributed by atoms with Crippen molar-refractivity contribution < 1.29 is 9.21 Å². The first kappa shape index (κ1) is 11.2. The highest BCUT2D eigenvalue weighted by molar-refractivity contribution is 5.94. The molecule has 4 heteroatoms. The molecular formula is C12H18N2O2. The van der Waals surface area contributed by atoms with E-state index in [2.05, 4.69) is 10.6 Å². The van der Waals surface area contributed by atoms with Crippen LogP contribution in [0.1, 0.15) is 35.4 Å². The number of aryl methyl sites for hydroxylation is 1. The molecule has 1 saturated heterocycles. The number of carbonyl (C=O) groups excluding carboxylic acids is 1. The molecule has 1 aliphatic heterocycles. The third kappa shape index (κ3) is 2.64. The average Bonchev–Trinajstić information content (AvgIpc) is 2.88. The Balaban J connectivity index is 1.73. The smallest absolute Gasteiger partial charge is 0.254 e. The Bertz CT molecular complexity index is 354. The SMILES string of the molecule is Cc1occc1C(=O)NCC[C@@H]1CCCN1. The highest BCUT2D eigenvalue weighted by atomic mass is 16.3. The van der Waals surface area contributed by atoms with Crippen molar-refractivity contribution in [3.63, 3.8) is 0 Å². The van der Waals surface area contributed by atoms with Crippen LogP contribution < -0.4 is 10.6 Å². The molecule has 0 bridgehead atoms. The van der Waals surface area contributed by atoms with E-state index in [1.165, 1.54) is 12.8 Å². The molecule has 0 aliphatic carbocycles. The van der Waals surface area contributed by atoms with Crippen LogP contribution in [0.15, 0.2) is 16.7 Å². The third-order valence-electron chi connectivity index (χ3n) is 3.04. The number of carbonyl (C=O) groups is 1. The number of nitrogens with one attached hydrogen (secondary N) is 2. The molecule has 1 fully saturated rings. The summed E-state index contributed by atoms with van der Waals surface area (Å²) in [5, 5.41) is 6.32. The molecule has 1 amide bonds. The molecule has 1 aliphatic rings. The van der Waals surface area contributed by atoms with Gasteiger partial charge in [0.1, 0.15) is 5.76 Å². The van der Waals surface area contributed by atoms with E-state index in [1.54, 1.807) is 19.3 Å². The predicted molar refractivity (Wildman–Crippen MR) is 61.4 cm³/mol. The summed E-state index contributed by atoms with van der Waals surface area (Å²) in [6.07, 6.45) is 5.02. The second kappa shape index (κ2) is 5.16. The second-order valence-electron chi connectivity index (χ2n) is 4.23. The van der Waals surface area contributed by atoms with Crippen LogP contribution in [0, 0.1) is 6.92 Å². The molecule has 2 N–H and O–H groups in total. The third-order valence-corrected chi connectivity index (χ3v) is 3.04. The van der Waals surface area contributed by atoms with E-state index in [1.807, 2.05) is 0 Å². The fourth-order valence-electron chi connectivity index (χ4n) is 2.08. The molecule has 0 saturated carbocycles. The first-order valence-electron chi connectivity index (χ1n) is 5.83. The summed E-state index contributed by atoms with van der Waals surface area (Å²) in [5.41, 5.74) is 0.638. The van der Waals surface area contributed by atoms with Crippen molar-refractivity contribution in [2.24, 2.45) is 0 Å². The van der Waals surface area contributed by atoms with Gasteiger partial charge in [-0.2, -0.15) is 0 Å². The minimum atomic E-state index is -0.0377. The average molecular weight is 222 g/mol. The van der Waals surface area contributed by atoms with Gasteiger partial charge in [-0.3, -0.25) is 4.79 Å². The Labute approximate surface area is 95.4 Å². The van der Waals surface area contributed by atoms with E-state index in [-0.39, 0.29) is 5.91 Å². The van der Waals surface area contributed by atoms with Gasteiger partial charge in [0.05, 0.1) is 11.8 Å². The van der Waals surface area contributed by atoms with E-state index < -0.39 is 0 Å². The van der Waals surface area contributed by atoms with Crippen molar-refractivity contribution in [2.75, 3.05) is 13.1 Å². The molecule has 2 heterocycles. The predicted octanol–water partition coefficient (Wildman–Crippen LogP) is 1.46. The lowest BCUT2D eigenvalue weighted by Crippen LogP contribution is -2.30. The highest BCUT2D eigenvalue weighted by Crippen LogP contribution is 2.09. The van der Waals surface area contributed by atoms with Crippen LogP contribution in [0.25, 0.3) is 0 Å². The lowest BCUT2D eigenvalue weighted by molar-refractivity contribution is 0.0951. The van der Waals surface area contributed by atoms with E-state index in [9.17, 15) is 4.79 Å². The Hall–Kier alpha value is -1.29. The molecule has 16 heavy (non-hydrogen) atoms. The van der Waals surface area contributed by atoms with Gasteiger partial charge in [-0.15, -0.1) is 0 Å². The molecule has 2 rings (SSSR count). The normalized spacial score (nSPS) is 19.9. The van der Waals surface area contributed by atoms with Crippen LogP contribution in [0.5, 0.6) is 0 Å². The van der Waals surface area contributed by atoms with E-state index in [4.69, 9.17) is 4.42 Å². The van der Waals surface area contributed by atoms with Crippen molar-refractivity contribution in [1.29, 1.82) is 0 Å². The van der Waals surface area contributed by atoms with Crippen LogP contribution in [0.4, 0.5) is 0 Å². The molecule has 0 unspecified atom stereocenters. The molecule has 1 atom stereocenters. The number of hydrogen-bond donors (Lipinski definition) is 2. The number of amides is 1. The first-order chi connectivity index (χ1) is 7.77. The fourth-order valence-corrected chi connectivity index (χ4v) is 2.08. The van der Waals surface area contributed by atoms with Gasteiger partial charge in [-0.1, -0.05) is 0 Å². The van der Waals surface area contributed by atoms with Gasteiger partial charge in [-0.25, -0.2) is 0 Å². The van der Waals surface area contributed by atoms with Crippen molar-refractivity contribution in [3.05, 3.63) is 23.7 Å². The number of furan rings is 1. The van der Waals surface area contributed by atoms with Crippen LogP contribution in [0.3, 0.4) is 0 Å². The zero-order valence-electron chi connectivity index (χ0n) is 9.58. The molecule has 0 spiro atoms. The summed E-state index contributed by atoms with van der Waals surface area (Å²) >= 11 is 0. The zero-order chi connectivity index (χ0) is 11.4. The first-order valence-corrected chi connectivity index (χ1v) is 5.83. The lowest BCUT2D eigenvalue weighted by atomic mass is 10.1. The Morgan fingerprint density at radius 1 is 1.69 bits per heavy atom. The Morgan fingerprint density at radius 2 is 2.56 bits per heavy atom. The highest BCUT2D eigenvalue weighted by Gasteiger charge is 2.15.